The number of carbonyl (C=O) groups is 1. The van der Waals surface area contributed by atoms with E-state index in [2.05, 4.69) is 16.8 Å². The Bertz CT molecular complexity index is 1130. The number of ether oxygens (including phenoxy) is 1. The fourth-order valence-corrected chi connectivity index (χ4v) is 5.05. The van der Waals surface area contributed by atoms with Gasteiger partial charge in [-0.15, -0.1) is 11.3 Å². The second kappa shape index (κ2) is 9.57. The summed E-state index contributed by atoms with van der Waals surface area (Å²) < 4.78 is 32.3. The smallest absolute Gasteiger partial charge is 0.341 e. The summed E-state index contributed by atoms with van der Waals surface area (Å²) in [6.07, 6.45) is 3.63. The second-order valence-corrected chi connectivity index (χ2v) is 9.42. The summed E-state index contributed by atoms with van der Waals surface area (Å²) in [5.41, 5.74) is 3.27. The van der Waals surface area contributed by atoms with Crippen LogP contribution in [-0.4, -0.2) is 40.7 Å². The van der Waals surface area contributed by atoms with Crippen molar-refractivity contribution in [2.45, 2.75) is 38.7 Å². The summed E-state index contributed by atoms with van der Waals surface area (Å²) >= 11 is 1.59. The molecule has 0 radical (unpaired) electrons. The summed E-state index contributed by atoms with van der Waals surface area (Å²) in [6, 6.07) is 12.3. The van der Waals surface area contributed by atoms with E-state index in [-0.39, 0.29) is 18.2 Å². The third-order valence-corrected chi connectivity index (χ3v) is 7.22. The minimum Gasteiger partial charge on any atom is -0.482 e. The Morgan fingerprint density at radius 1 is 1.18 bits per heavy atom. The molecule has 3 aromatic rings. The van der Waals surface area contributed by atoms with Crippen molar-refractivity contribution in [3.63, 3.8) is 0 Å². The zero-order valence-corrected chi connectivity index (χ0v) is 19.4. The summed E-state index contributed by atoms with van der Waals surface area (Å²) in [7, 11) is 0. The molecule has 33 heavy (non-hydrogen) atoms. The third-order valence-electron chi connectivity index (χ3n) is 6.00. The maximum Gasteiger partial charge on any atom is 0.341 e. The number of aromatic nitrogens is 1. The molecule has 0 aliphatic carbocycles. The van der Waals surface area contributed by atoms with Gasteiger partial charge in [0, 0.05) is 48.3 Å². The number of carboxylic acid groups (broad SMARTS) is 1. The highest BCUT2D eigenvalue weighted by Gasteiger charge is 2.25. The molecule has 4 rings (SSSR count). The first-order valence-corrected chi connectivity index (χ1v) is 11.7. The van der Waals surface area contributed by atoms with Gasteiger partial charge < -0.3 is 9.84 Å². The number of fused-ring (bicyclic) bond motifs is 1. The number of hydrogen-bond acceptors (Lipinski definition) is 5. The van der Waals surface area contributed by atoms with Gasteiger partial charge in [0.25, 0.3) is 5.92 Å². The Morgan fingerprint density at radius 3 is 2.55 bits per heavy atom. The minimum atomic E-state index is -2.85. The second-order valence-electron chi connectivity index (χ2n) is 8.36. The van der Waals surface area contributed by atoms with E-state index in [1.807, 2.05) is 24.4 Å². The van der Waals surface area contributed by atoms with Crippen LogP contribution in [0.3, 0.4) is 0 Å². The molecule has 0 fully saturated rings. The van der Waals surface area contributed by atoms with Gasteiger partial charge in [0.15, 0.2) is 6.61 Å². The maximum absolute atomic E-state index is 13.5. The van der Waals surface area contributed by atoms with Crippen molar-refractivity contribution in [2.75, 3.05) is 19.7 Å². The Balaban J connectivity index is 1.43. The molecular formula is C25H26F2N2O3S. The van der Waals surface area contributed by atoms with Gasteiger partial charge >= 0.3 is 5.97 Å². The molecule has 0 amide bonds. The van der Waals surface area contributed by atoms with Crippen LogP contribution in [0.2, 0.25) is 0 Å². The van der Waals surface area contributed by atoms with Gasteiger partial charge in [0.1, 0.15) is 10.8 Å². The fourth-order valence-electron chi connectivity index (χ4n) is 4.04. The Hall–Kier alpha value is -2.84. The van der Waals surface area contributed by atoms with E-state index in [1.54, 1.807) is 23.5 Å². The summed E-state index contributed by atoms with van der Waals surface area (Å²) in [5, 5.41) is 9.64. The maximum atomic E-state index is 13.5. The molecule has 1 aromatic heterocycles. The van der Waals surface area contributed by atoms with Crippen molar-refractivity contribution in [3.8, 4) is 16.3 Å². The lowest BCUT2D eigenvalue weighted by Crippen LogP contribution is -2.29. The number of halogens is 2. The van der Waals surface area contributed by atoms with E-state index in [9.17, 15) is 13.6 Å². The quantitative estimate of drug-likeness (QED) is 0.489. The van der Waals surface area contributed by atoms with Crippen molar-refractivity contribution >= 4 is 17.3 Å². The average molecular weight is 473 g/mol. The number of alkyl halides is 2. The first-order valence-electron chi connectivity index (χ1n) is 10.9. The lowest BCUT2D eigenvalue weighted by atomic mass is 10.0. The van der Waals surface area contributed by atoms with E-state index >= 15 is 0 Å². The van der Waals surface area contributed by atoms with Gasteiger partial charge in [-0.25, -0.2) is 18.6 Å². The SMILES string of the molecule is CC(c1cnc(-c2ccc(C(C)(F)F)cc2)s1)N1CCc2ccc(OCC(=O)O)cc2CC1. The summed E-state index contributed by atoms with van der Waals surface area (Å²) in [6.45, 7) is 4.48. The van der Waals surface area contributed by atoms with Crippen molar-refractivity contribution in [1.29, 1.82) is 0 Å². The topological polar surface area (TPSA) is 62.7 Å². The third kappa shape index (κ3) is 5.57. The molecule has 1 aliphatic rings. The first kappa shape index (κ1) is 23.3. The molecule has 1 atom stereocenters. The predicted octanol–water partition coefficient (Wildman–Crippen LogP) is 5.55. The van der Waals surface area contributed by atoms with Crippen molar-refractivity contribution < 1.29 is 23.4 Å². The number of rotatable bonds is 7. The Labute approximate surface area is 195 Å². The van der Waals surface area contributed by atoms with Crippen molar-refractivity contribution in [3.05, 3.63) is 70.2 Å². The van der Waals surface area contributed by atoms with E-state index in [4.69, 9.17) is 9.84 Å². The largest absolute Gasteiger partial charge is 0.482 e. The van der Waals surface area contributed by atoms with Crippen LogP contribution >= 0.6 is 11.3 Å². The van der Waals surface area contributed by atoms with Crippen LogP contribution in [0.15, 0.2) is 48.7 Å². The van der Waals surface area contributed by atoms with Crippen LogP contribution in [0.25, 0.3) is 10.6 Å². The van der Waals surface area contributed by atoms with Crippen LogP contribution in [0.1, 0.15) is 41.5 Å². The van der Waals surface area contributed by atoms with Crippen LogP contribution in [0, 0.1) is 0 Å². The highest BCUT2D eigenvalue weighted by molar-refractivity contribution is 7.15. The normalized spacial score (nSPS) is 15.5. The molecule has 5 nitrogen and oxygen atoms in total. The lowest BCUT2D eigenvalue weighted by Gasteiger charge is -2.26. The number of benzene rings is 2. The van der Waals surface area contributed by atoms with Gasteiger partial charge in [0.2, 0.25) is 0 Å². The lowest BCUT2D eigenvalue weighted by molar-refractivity contribution is -0.139. The molecule has 1 aliphatic heterocycles. The molecule has 2 aromatic carbocycles. The average Bonchev–Trinajstić information content (AvgIpc) is 3.18. The van der Waals surface area contributed by atoms with Crippen LogP contribution in [0.4, 0.5) is 8.78 Å². The fraction of sp³-hybridized carbons (Fsp3) is 0.360. The molecule has 1 N–H and O–H groups in total. The van der Waals surface area contributed by atoms with E-state index in [0.29, 0.717) is 5.75 Å². The molecule has 1 unspecified atom stereocenters. The molecule has 0 saturated carbocycles. The summed E-state index contributed by atoms with van der Waals surface area (Å²) in [4.78, 5) is 18.8. The standard InChI is InChI=1S/C25H26F2N2O3S/c1-16(22-14-28-24(33-22)18-3-6-20(7-4-18)25(2,26)27)29-11-9-17-5-8-21(32-15-23(30)31)13-19(17)10-12-29/h3-8,13-14,16H,9-12,15H2,1-2H3,(H,30,31). The molecule has 0 bridgehead atoms. The molecule has 0 saturated heterocycles. The monoisotopic (exact) mass is 472 g/mol. The Morgan fingerprint density at radius 2 is 1.88 bits per heavy atom. The molecule has 0 spiro atoms. The molecular weight excluding hydrogens is 446 g/mol. The van der Waals surface area contributed by atoms with Crippen LogP contribution < -0.4 is 4.74 Å². The zero-order valence-electron chi connectivity index (χ0n) is 18.6. The Kier molecular flexibility index (Phi) is 6.76. The van der Waals surface area contributed by atoms with E-state index in [1.165, 1.54) is 23.3 Å². The zero-order chi connectivity index (χ0) is 23.6. The van der Waals surface area contributed by atoms with E-state index in [0.717, 1.165) is 48.3 Å². The minimum absolute atomic E-state index is 0.00273. The number of carboxylic acids is 1. The molecule has 2 heterocycles. The van der Waals surface area contributed by atoms with Crippen molar-refractivity contribution in [1.82, 2.24) is 9.88 Å². The number of hydrogen-bond donors (Lipinski definition) is 1. The van der Waals surface area contributed by atoms with Gasteiger partial charge in [-0.05, 0) is 43.0 Å². The van der Waals surface area contributed by atoms with Gasteiger partial charge in [0.05, 0.1) is 0 Å². The van der Waals surface area contributed by atoms with Crippen LogP contribution in [0.5, 0.6) is 5.75 Å². The number of thiazole rings is 1. The molecule has 8 heteroatoms. The predicted molar refractivity (Wildman–Crippen MR) is 124 cm³/mol. The summed E-state index contributed by atoms with van der Waals surface area (Å²) in [5.74, 6) is -3.26. The highest BCUT2D eigenvalue weighted by atomic mass is 32.1. The van der Waals surface area contributed by atoms with Crippen LogP contribution in [-0.2, 0) is 23.6 Å². The van der Waals surface area contributed by atoms with E-state index < -0.39 is 11.9 Å². The first-order chi connectivity index (χ1) is 15.7. The van der Waals surface area contributed by atoms with Gasteiger partial charge in [-0.2, -0.15) is 0 Å². The molecule has 174 valence electrons. The van der Waals surface area contributed by atoms with Crippen molar-refractivity contribution in [2.24, 2.45) is 0 Å². The number of aliphatic carboxylic acids is 1. The van der Waals surface area contributed by atoms with Gasteiger partial charge in [-0.1, -0.05) is 30.3 Å². The van der Waals surface area contributed by atoms with Gasteiger partial charge in [-0.3, -0.25) is 4.90 Å². The highest BCUT2D eigenvalue weighted by Crippen LogP contribution is 2.34. The number of nitrogens with zero attached hydrogens (tertiary/aromatic N) is 2.